The Bertz CT molecular complexity index is 424. The van der Waals surface area contributed by atoms with Crippen LogP contribution in [0.2, 0.25) is 5.02 Å². The summed E-state index contributed by atoms with van der Waals surface area (Å²) >= 11 is 6.29. The molecule has 1 aromatic carbocycles. The summed E-state index contributed by atoms with van der Waals surface area (Å²) < 4.78 is 5.81. The first kappa shape index (κ1) is 11.2. The Morgan fingerprint density at radius 3 is 3.06 bits per heavy atom. The third-order valence-electron chi connectivity index (χ3n) is 3.76. The van der Waals surface area contributed by atoms with E-state index in [0.717, 1.165) is 29.5 Å². The number of ether oxygens (including phenoxy) is 1. The molecule has 3 nitrogen and oxygen atoms in total. The van der Waals surface area contributed by atoms with E-state index in [2.05, 4.69) is 4.90 Å². The summed E-state index contributed by atoms with van der Waals surface area (Å²) in [4.78, 5) is 2.39. The van der Waals surface area contributed by atoms with E-state index in [1.54, 1.807) is 0 Å². The number of hydrogen-bond acceptors (Lipinski definition) is 3. The summed E-state index contributed by atoms with van der Waals surface area (Å²) in [5, 5.41) is 0.748. The molecule has 0 amide bonds. The van der Waals surface area contributed by atoms with Crippen molar-refractivity contribution in [3.8, 4) is 0 Å². The fourth-order valence-electron chi connectivity index (χ4n) is 2.98. The van der Waals surface area contributed by atoms with Crippen LogP contribution in [0.3, 0.4) is 0 Å². The number of rotatable bonds is 1. The molecule has 1 saturated carbocycles. The summed E-state index contributed by atoms with van der Waals surface area (Å²) in [7, 11) is 0. The van der Waals surface area contributed by atoms with E-state index in [4.69, 9.17) is 22.1 Å². The standard InChI is InChI=1S/C13H17ClN2O/c14-10-8-9(15)4-5-11(10)16-6-7-17-13-3-1-2-12(13)16/h4-5,8,12-13H,1-3,6-7,15H2. The van der Waals surface area contributed by atoms with Crippen LogP contribution < -0.4 is 10.6 Å². The maximum absolute atomic E-state index is 6.29. The SMILES string of the molecule is Nc1ccc(N2CCOC3CCCC32)c(Cl)c1. The lowest BCUT2D eigenvalue weighted by molar-refractivity contribution is 0.0256. The third kappa shape index (κ3) is 1.98. The van der Waals surface area contributed by atoms with E-state index in [9.17, 15) is 0 Å². The van der Waals surface area contributed by atoms with Crippen LogP contribution in [0.25, 0.3) is 0 Å². The van der Waals surface area contributed by atoms with Gasteiger partial charge in [-0.3, -0.25) is 0 Å². The van der Waals surface area contributed by atoms with Crippen LogP contribution >= 0.6 is 11.6 Å². The molecular formula is C13H17ClN2O. The van der Waals surface area contributed by atoms with Crippen molar-refractivity contribution in [1.29, 1.82) is 0 Å². The molecule has 2 fully saturated rings. The lowest BCUT2D eigenvalue weighted by Crippen LogP contribution is -2.48. The number of nitrogens with two attached hydrogens (primary N) is 1. The second-order valence-electron chi connectivity index (χ2n) is 4.81. The fraction of sp³-hybridized carbons (Fsp3) is 0.538. The topological polar surface area (TPSA) is 38.5 Å². The number of hydrogen-bond donors (Lipinski definition) is 1. The predicted molar refractivity (Wildman–Crippen MR) is 70.6 cm³/mol. The van der Waals surface area contributed by atoms with E-state index in [-0.39, 0.29) is 0 Å². The Morgan fingerprint density at radius 2 is 2.24 bits per heavy atom. The number of nitrogen functional groups attached to an aromatic ring is 1. The number of morpholine rings is 1. The number of fused-ring (bicyclic) bond motifs is 1. The molecule has 1 saturated heterocycles. The van der Waals surface area contributed by atoms with Crippen LogP contribution in [0.5, 0.6) is 0 Å². The Kier molecular flexibility index (Phi) is 2.89. The van der Waals surface area contributed by atoms with Crippen LogP contribution in [-0.2, 0) is 4.74 Å². The molecule has 0 spiro atoms. The molecule has 2 unspecified atom stereocenters. The Labute approximate surface area is 106 Å². The van der Waals surface area contributed by atoms with Crippen molar-refractivity contribution in [2.45, 2.75) is 31.4 Å². The molecular weight excluding hydrogens is 236 g/mol. The van der Waals surface area contributed by atoms with Gasteiger partial charge >= 0.3 is 0 Å². The Hall–Kier alpha value is -0.930. The second kappa shape index (κ2) is 4.39. The first-order valence-corrected chi connectivity index (χ1v) is 6.57. The van der Waals surface area contributed by atoms with Crippen LogP contribution in [0, 0.1) is 0 Å². The monoisotopic (exact) mass is 252 g/mol. The van der Waals surface area contributed by atoms with Crippen molar-refractivity contribution >= 4 is 23.0 Å². The molecule has 1 aliphatic carbocycles. The number of benzene rings is 1. The first-order chi connectivity index (χ1) is 8.25. The minimum atomic E-state index is 0.386. The number of nitrogens with zero attached hydrogens (tertiary/aromatic N) is 1. The maximum atomic E-state index is 6.29. The summed E-state index contributed by atoms with van der Waals surface area (Å²) in [6, 6.07) is 6.26. The third-order valence-corrected chi connectivity index (χ3v) is 4.07. The van der Waals surface area contributed by atoms with Gasteiger partial charge in [0.2, 0.25) is 0 Å². The highest BCUT2D eigenvalue weighted by molar-refractivity contribution is 6.33. The molecule has 0 radical (unpaired) electrons. The molecule has 3 rings (SSSR count). The van der Waals surface area contributed by atoms with Gasteiger partial charge in [0.25, 0.3) is 0 Å². The quantitative estimate of drug-likeness (QED) is 0.781. The molecule has 2 aliphatic rings. The van der Waals surface area contributed by atoms with Gasteiger partial charge < -0.3 is 15.4 Å². The zero-order valence-corrected chi connectivity index (χ0v) is 10.5. The Balaban J connectivity index is 1.91. The molecule has 2 atom stereocenters. The zero-order valence-electron chi connectivity index (χ0n) is 9.73. The average molecular weight is 253 g/mol. The van der Waals surface area contributed by atoms with Crippen molar-refractivity contribution in [3.63, 3.8) is 0 Å². The highest BCUT2D eigenvalue weighted by Crippen LogP contribution is 2.36. The van der Waals surface area contributed by atoms with E-state index in [0.29, 0.717) is 12.1 Å². The summed E-state index contributed by atoms with van der Waals surface area (Å²) in [6.07, 6.45) is 4.01. The average Bonchev–Trinajstić information content (AvgIpc) is 2.77. The minimum absolute atomic E-state index is 0.386. The largest absolute Gasteiger partial charge is 0.399 e. The van der Waals surface area contributed by atoms with E-state index in [1.165, 1.54) is 19.3 Å². The van der Waals surface area contributed by atoms with Gasteiger partial charge in [0.15, 0.2) is 0 Å². The van der Waals surface area contributed by atoms with Crippen LogP contribution in [0.1, 0.15) is 19.3 Å². The van der Waals surface area contributed by atoms with Gasteiger partial charge in [0.1, 0.15) is 0 Å². The van der Waals surface area contributed by atoms with Gasteiger partial charge in [-0.25, -0.2) is 0 Å². The minimum Gasteiger partial charge on any atom is -0.399 e. The summed E-state index contributed by atoms with van der Waals surface area (Å²) in [6.45, 7) is 1.71. The molecule has 92 valence electrons. The molecule has 0 bridgehead atoms. The van der Waals surface area contributed by atoms with E-state index in [1.807, 2.05) is 18.2 Å². The van der Waals surface area contributed by atoms with Gasteiger partial charge in [-0.15, -0.1) is 0 Å². The van der Waals surface area contributed by atoms with Gasteiger partial charge in [-0.05, 0) is 37.5 Å². The van der Waals surface area contributed by atoms with Gasteiger partial charge in [0, 0.05) is 12.2 Å². The van der Waals surface area contributed by atoms with Crippen molar-refractivity contribution < 1.29 is 4.74 Å². The molecule has 1 aliphatic heterocycles. The summed E-state index contributed by atoms with van der Waals surface area (Å²) in [5.74, 6) is 0. The molecule has 0 aromatic heterocycles. The predicted octanol–water partition coefficient (Wildman–Crippen LogP) is 2.68. The van der Waals surface area contributed by atoms with Gasteiger partial charge in [-0.1, -0.05) is 11.6 Å². The van der Waals surface area contributed by atoms with Crippen LogP contribution in [0.15, 0.2) is 18.2 Å². The van der Waals surface area contributed by atoms with Crippen LogP contribution in [-0.4, -0.2) is 25.3 Å². The van der Waals surface area contributed by atoms with Gasteiger partial charge in [0.05, 0.1) is 29.5 Å². The highest BCUT2D eigenvalue weighted by atomic mass is 35.5. The maximum Gasteiger partial charge on any atom is 0.0779 e. The number of halogens is 1. The zero-order chi connectivity index (χ0) is 11.8. The second-order valence-corrected chi connectivity index (χ2v) is 5.22. The smallest absolute Gasteiger partial charge is 0.0779 e. The molecule has 4 heteroatoms. The lowest BCUT2D eigenvalue weighted by atomic mass is 10.1. The van der Waals surface area contributed by atoms with E-state index >= 15 is 0 Å². The van der Waals surface area contributed by atoms with Gasteiger partial charge in [-0.2, -0.15) is 0 Å². The first-order valence-electron chi connectivity index (χ1n) is 6.19. The highest BCUT2D eigenvalue weighted by Gasteiger charge is 2.36. The summed E-state index contributed by atoms with van der Waals surface area (Å²) in [5.41, 5.74) is 7.55. The van der Waals surface area contributed by atoms with Crippen molar-refractivity contribution in [2.24, 2.45) is 0 Å². The normalized spacial score (nSPS) is 28.2. The molecule has 1 aromatic rings. The molecule has 1 heterocycles. The molecule has 17 heavy (non-hydrogen) atoms. The van der Waals surface area contributed by atoms with E-state index < -0.39 is 0 Å². The molecule has 2 N–H and O–H groups in total. The lowest BCUT2D eigenvalue weighted by Gasteiger charge is -2.39. The fourth-order valence-corrected chi connectivity index (χ4v) is 3.28. The van der Waals surface area contributed by atoms with Crippen molar-refractivity contribution in [2.75, 3.05) is 23.8 Å². The van der Waals surface area contributed by atoms with Crippen LogP contribution in [0.4, 0.5) is 11.4 Å². The number of anilines is 2. The van der Waals surface area contributed by atoms with Crippen molar-refractivity contribution in [3.05, 3.63) is 23.2 Å². The Morgan fingerprint density at radius 1 is 1.35 bits per heavy atom. The van der Waals surface area contributed by atoms with Crippen molar-refractivity contribution in [1.82, 2.24) is 0 Å².